The van der Waals surface area contributed by atoms with E-state index in [9.17, 15) is 0 Å². The molecule has 0 radical (unpaired) electrons. The van der Waals surface area contributed by atoms with Crippen molar-refractivity contribution in [2.24, 2.45) is 5.92 Å². The van der Waals surface area contributed by atoms with Crippen LogP contribution in [0, 0.1) is 5.92 Å². The van der Waals surface area contributed by atoms with Crippen LogP contribution in [0.3, 0.4) is 0 Å². The van der Waals surface area contributed by atoms with Crippen LogP contribution in [0.15, 0.2) is 24.3 Å². The van der Waals surface area contributed by atoms with Gasteiger partial charge in [-0.1, -0.05) is 18.2 Å². The standard InChI is InChI=1S/C15H21NO2/c1-17-14-5-3-2-4-12(14)10-16-13-8-9-18-15(13)11-6-7-11/h2-5,11,13,15-16H,6-10H2,1H3. The number of ether oxygens (including phenoxy) is 2. The highest BCUT2D eigenvalue weighted by Gasteiger charge is 2.40. The minimum atomic E-state index is 0.444. The Hall–Kier alpha value is -1.06. The molecule has 3 rings (SSSR count). The number of hydrogen-bond acceptors (Lipinski definition) is 3. The third-order valence-corrected chi connectivity index (χ3v) is 3.97. The molecule has 1 heterocycles. The molecule has 1 saturated carbocycles. The summed E-state index contributed by atoms with van der Waals surface area (Å²) in [5, 5.41) is 3.64. The van der Waals surface area contributed by atoms with Gasteiger partial charge in [0, 0.05) is 24.8 Å². The fraction of sp³-hybridized carbons (Fsp3) is 0.600. The maximum Gasteiger partial charge on any atom is 0.123 e. The van der Waals surface area contributed by atoms with Crippen LogP contribution < -0.4 is 10.1 Å². The molecule has 0 aromatic heterocycles. The van der Waals surface area contributed by atoms with E-state index in [0.29, 0.717) is 12.1 Å². The molecular formula is C15H21NO2. The van der Waals surface area contributed by atoms with Crippen molar-refractivity contribution in [3.8, 4) is 5.75 Å². The van der Waals surface area contributed by atoms with E-state index in [4.69, 9.17) is 9.47 Å². The van der Waals surface area contributed by atoms with Gasteiger partial charge in [0.05, 0.1) is 13.2 Å². The molecule has 3 heteroatoms. The lowest BCUT2D eigenvalue weighted by atomic mass is 10.1. The highest BCUT2D eigenvalue weighted by molar-refractivity contribution is 5.33. The molecule has 1 saturated heterocycles. The second-order valence-corrected chi connectivity index (χ2v) is 5.26. The summed E-state index contributed by atoms with van der Waals surface area (Å²) in [5.74, 6) is 1.77. The van der Waals surface area contributed by atoms with E-state index < -0.39 is 0 Å². The minimum absolute atomic E-state index is 0.444. The van der Waals surface area contributed by atoms with Crippen LogP contribution in [0.4, 0.5) is 0 Å². The van der Waals surface area contributed by atoms with Crippen LogP contribution >= 0.6 is 0 Å². The smallest absolute Gasteiger partial charge is 0.123 e. The van der Waals surface area contributed by atoms with E-state index in [-0.39, 0.29) is 0 Å². The second kappa shape index (κ2) is 5.29. The maximum atomic E-state index is 5.84. The van der Waals surface area contributed by atoms with Crippen LogP contribution in [0.2, 0.25) is 0 Å². The van der Waals surface area contributed by atoms with Gasteiger partial charge >= 0.3 is 0 Å². The second-order valence-electron chi connectivity index (χ2n) is 5.26. The van der Waals surface area contributed by atoms with Crippen molar-refractivity contribution in [3.05, 3.63) is 29.8 Å². The van der Waals surface area contributed by atoms with Gasteiger partial charge in [0.1, 0.15) is 5.75 Å². The summed E-state index contributed by atoms with van der Waals surface area (Å²) in [6.07, 6.45) is 4.27. The molecule has 2 unspecified atom stereocenters. The topological polar surface area (TPSA) is 30.5 Å². The molecule has 0 bridgehead atoms. The van der Waals surface area contributed by atoms with E-state index in [2.05, 4.69) is 17.4 Å². The first kappa shape index (κ1) is 12.0. The first-order chi connectivity index (χ1) is 8.88. The van der Waals surface area contributed by atoms with Gasteiger partial charge in [-0.15, -0.1) is 0 Å². The fourth-order valence-corrected chi connectivity index (χ4v) is 2.81. The molecule has 18 heavy (non-hydrogen) atoms. The summed E-state index contributed by atoms with van der Waals surface area (Å²) < 4.78 is 11.2. The first-order valence-electron chi connectivity index (χ1n) is 6.85. The summed E-state index contributed by atoms with van der Waals surface area (Å²) >= 11 is 0. The molecule has 2 aliphatic rings. The first-order valence-corrected chi connectivity index (χ1v) is 6.85. The van der Waals surface area contributed by atoms with Gasteiger partial charge in [-0.3, -0.25) is 0 Å². The van der Waals surface area contributed by atoms with Gasteiger partial charge in [-0.2, -0.15) is 0 Å². The molecule has 1 aliphatic heterocycles. The highest BCUT2D eigenvalue weighted by Crippen LogP contribution is 2.38. The number of methoxy groups -OCH3 is 1. The molecule has 3 nitrogen and oxygen atoms in total. The van der Waals surface area contributed by atoms with Gasteiger partial charge in [-0.05, 0) is 31.2 Å². The number of hydrogen-bond donors (Lipinski definition) is 1. The Morgan fingerprint density at radius 3 is 2.89 bits per heavy atom. The molecule has 98 valence electrons. The Kier molecular flexibility index (Phi) is 3.52. The SMILES string of the molecule is COc1ccccc1CNC1CCOC1C1CC1. The number of para-hydroxylation sites is 1. The molecule has 1 aromatic rings. The third-order valence-electron chi connectivity index (χ3n) is 3.97. The molecular weight excluding hydrogens is 226 g/mol. The zero-order valence-corrected chi connectivity index (χ0v) is 10.9. The van der Waals surface area contributed by atoms with Crippen molar-refractivity contribution in [1.29, 1.82) is 0 Å². The van der Waals surface area contributed by atoms with Crippen molar-refractivity contribution in [2.75, 3.05) is 13.7 Å². The van der Waals surface area contributed by atoms with E-state index in [0.717, 1.165) is 31.2 Å². The molecule has 2 atom stereocenters. The largest absolute Gasteiger partial charge is 0.496 e. The zero-order valence-electron chi connectivity index (χ0n) is 10.9. The minimum Gasteiger partial charge on any atom is -0.496 e. The normalized spacial score (nSPS) is 27.4. The Bertz CT molecular complexity index is 403. The maximum absolute atomic E-state index is 5.84. The van der Waals surface area contributed by atoms with E-state index in [1.807, 2.05) is 12.1 Å². The van der Waals surface area contributed by atoms with Gasteiger partial charge < -0.3 is 14.8 Å². The van der Waals surface area contributed by atoms with Crippen molar-refractivity contribution < 1.29 is 9.47 Å². The quantitative estimate of drug-likeness (QED) is 0.866. The summed E-state index contributed by atoms with van der Waals surface area (Å²) in [4.78, 5) is 0. The summed E-state index contributed by atoms with van der Waals surface area (Å²) in [6, 6.07) is 8.72. The Morgan fingerprint density at radius 1 is 1.28 bits per heavy atom. The Labute approximate surface area is 108 Å². The van der Waals surface area contributed by atoms with Crippen molar-refractivity contribution in [2.45, 2.75) is 38.0 Å². The summed E-state index contributed by atoms with van der Waals surface area (Å²) in [5.41, 5.74) is 1.22. The summed E-state index contributed by atoms with van der Waals surface area (Å²) in [7, 11) is 1.73. The molecule has 0 spiro atoms. The van der Waals surface area contributed by atoms with Crippen LogP contribution in [-0.2, 0) is 11.3 Å². The monoisotopic (exact) mass is 247 g/mol. The summed E-state index contributed by atoms with van der Waals surface area (Å²) in [6.45, 7) is 1.77. The number of nitrogens with one attached hydrogen (secondary N) is 1. The fourth-order valence-electron chi connectivity index (χ4n) is 2.81. The molecule has 1 N–H and O–H groups in total. The van der Waals surface area contributed by atoms with Crippen molar-refractivity contribution in [1.82, 2.24) is 5.32 Å². The van der Waals surface area contributed by atoms with Gasteiger partial charge in [0.25, 0.3) is 0 Å². The third kappa shape index (κ3) is 2.52. The van der Waals surface area contributed by atoms with Gasteiger partial charge in [0.2, 0.25) is 0 Å². The average Bonchev–Trinajstić information content (AvgIpc) is 3.16. The molecule has 0 amide bonds. The van der Waals surface area contributed by atoms with Crippen molar-refractivity contribution in [3.63, 3.8) is 0 Å². The Balaban J connectivity index is 1.59. The van der Waals surface area contributed by atoms with Gasteiger partial charge in [-0.25, -0.2) is 0 Å². The molecule has 1 aromatic carbocycles. The van der Waals surface area contributed by atoms with Gasteiger partial charge in [0.15, 0.2) is 0 Å². The van der Waals surface area contributed by atoms with E-state index in [1.165, 1.54) is 18.4 Å². The van der Waals surface area contributed by atoms with E-state index >= 15 is 0 Å². The predicted molar refractivity (Wildman–Crippen MR) is 70.7 cm³/mol. The average molecular weight is 247 g/mol. The van der Waals surface area contributed by atoms with Crippen LogP contribution in [0.1, 0.15) is 24.8 Å². The zero-order chi connectivity index (χ0) is 12.4. The lowest BCUT2D eigenvalue weighted by Crippen LogP contribution is -2.37. The Morgan fingerprint density at radius 2 is 2.11 bits per heavy atom. The molecule has 1 aliphatic carbocycles. The number of rotatable bonds is 5. The molecule has 2 fully saturated rings. The lowest BCUT2D eigenvalue weighted by molar-refractivity contribution is 0.0808. The predicted octanol–water partition coefficient (Wildman–Crippen LogP) is 2.35. The number of benzene rings is 1. The lowest BCUT2D eigenvalue weighted by Gasteiger charge is -2.20. The van der Waals surface area contributed by atoms with Crippen LogP contribution in [-0.4, -0.2) is 25.9 Å². The van der Waals surface area contributed by atoms with Crippen LogP contribution in [0.5, 0.6) is 5.75 Å². The van der Waals surface area contributed by atoms with Crippen LogP contribution in [0.25, 0.3) is 0 Å². The van der Waals surface area contributed by atoms with Crippen molar-refractivity contribution >= 4 is 0 Å². The highest BCUT2D eigenvalue weighted by atomic mass is 16.5. The van der Waals surface area contributed by atoms with E-state index in [1.54, 1.807) is 7.11 Å².